The van der Waals surface area contributed by atoms with Crippen LogP contribution in [0.25, 0.3) is 17.0 Å². The van der Waals surface area contributed by atoms with Crippen LogP contribution in [-0.4, -0.2) is 31.2 Å². The molecule has 0 spiro atoms. The molecule has 1 fully saturated rings. The standard InChI is InChI=1S/C21H22N4O3S/c1-22-29(27,28)20-5-3-2-4-18(20)24-21(26)11-9-15-8-10-19-17(12-15)13-23-25(19)14-16-6-7-16/h2-5,8-13,16,22H,6-7,14H2,1H3,(H,24,26)/b11-9+. The molecule has 7 nitrogen and oxygen atoms in total. The molecule has 1 aliphatic rings. The molecule has 3 aromatic rings. The third kappa shape index (κ3) is 4.38. The number of hydrogen-bond donors (Lipinski definition) is 2. The van der Waals surface area contributed by atoms with Gasteiger partial charge in [0, 0.05) is 18.0 Å². The van der Waals surface area contributed by atoms with Crippen LogP contribution >= 0.6 is 0 Å². The molecule has 1 aromatic heterocycles. The van der Waals surface area contributed by atoms with Crippen molar-refractivity contribution in [2.45, 2.75) is 24.3 Å². The number of hydrogen-bond acceptors (Lipinski definition) is 4. The fourth-order valence-electron chi connectivity index (χ4n) is 3.16. The lowest BCUT2D eigenvalue weighted by Gasteiger charge is -2.09. The zero-order valence-electron chi connectivity index (χ0n) is 16.0. The average Bonchev–Trinajstić information content (AvgIpc) is 3.45. The first-order valence-electron chi connectivity index (χ1n) is 9.43. The Morgan fingerprint density at radius 1 is 1.24 bits per heavy atom. The van der Waals surface area contributed by atoms with Crippen molar-refractivity contribution in [2.75, 3.05) is 12.4 Å². The van der Waals surface area contributed by atoms with E-state index in [9.17, 15) is 13.2 Å². The van der Waals surface area contributed by atoms with E-state index in [1.54, 1.807) is 24.3 Å². The Hall–Kier alpha value is -2.97. The minimum atomic E-state index is -3.67. The summed E-state index contributed by atoms with van der Waals surface area (Å²) >= 11 is 0. The Morgan fingerprint density at radius 2 is 2.03 bits per heavy atom. The lowest BCUT2D eigenvalue weighted by Crippen LogP contribution is -2.21. The average molecular weight is 410 g/mol. The van der Waals surface area contributed by atoms with Crippen molar-refractivity contribution < 1.29 is 13.2 Å². The van der Waals surface area contributed by atoms with Crippen LogP contribution in [0.4, 0.5) is 5.69 Å². The maximum atomic E-state index is 12.3. The van der Waals surface area contributed by atoms with Crippen LogP contribution in [-0.2, 0) is 21.4 Å². The van der Waals surface area contributed by atoms with Crippen LogP contribution < -0.4 is 10.0 Å². The van der Waals surface area contributed by atoms with Gasteiger partial charge in [-0.25, -0.2) is 13.1 Å². The molecule has 4 rings (SSSR count). The molecule has 1 amide bonds. The van der Waals surface area contributed by atoms with E-state index in [4.69, 9.17) is 0 Å². The second-order valence-corrected chi connectivity index (χ2v) is 8.97. The third-order valence-electron chi connectivity index (χ3n) is 4.92. The van der Waals surface area contributed by atoms with Gasteiger partial charge in [-0.15, -0.1) is 0 Å². The number of nitrogens with zero attached hydrogens (tertiary/aromatic N) is 2. The monoisotopic (exact) mass is 410 g/mol. The second-order valence-electron chi connectivity index (χ2n) is 7.11. The highest BCUT2D eigenvalue weighted by Crippen LogP contribution is 2.31. The predicted molar refractivity (Wildman–Crippen MR) is 113 cm³/mol. The molecule has 0 unspecified atom stereocenters. The quantitative estimate of drug-likeness (QED) is 0.586. The number of anilines is 1. The molecule has 0 aliphatic heterocycles. The summed E-state index contributed by atoms with van der Waals surface area (Å²) in [7, 11) is -2.34. The molecule has 1 heterocycles. The number of aromatic nitrogens is 2. The van der Waals surface area contributed by atoms with E-state index in [0.717, 1.165) is 28.9 Å². The fourth-order valence-corrected chi connectivity index (χ4v) is 4.05. The Balaban J connectivity index is 1.49. The molecular formula is C21H22N4O3S. The summed E-state index contributed by atoms with van der Waals surface area (Å²) in [6, 6.07) is 12.2. The van der Waals surface area contributed by atoms with Gasteiger partial charge in [-0.05, 0) is 61.7 Å². The zero-order chi connectivity index (χ0) is 20.4. The Kier molecular flexibility index (Phi) is 5.21. The van der Waals surface area contributed by atoms with Crippen molar-refractivity contribution in [3.63, 3.8) is 0 Å². The largest absolute Gasteiger partial charge is 0.321 e. The SMILES string of the molecule is CNS(=O)(=O)c1ccccc1NC(=O)/C=C/c1ccc2c(cnn2CC2CC2)c1. The van der Waals surface area contributed by atoms with Gasteiger partial charge in [0.05, 0.1) is 17.4 Å². The van der Waals surface area contributed by atoms with Crippen molar-refractivity contribution in [3.05, 3.63) is 60.3 Å². The van der Waals surface area contributed by atoms with Gasteiger partial charge in [0.1, 0.15) is 4.90 Å². The van der Waals surface area contributed by atoms with Gasteiger partial charge in [-0.2, -0.15) is 5.10 Å². The van der Waals surface area contributed by atoms with Crippen molar-refractivity contribution >= 4 is 38.6 Å². The van der Waals surface area contributed by atoms with Crippen molar-refractivity contribution in [1.29, 1.82) is 0 Å². The number of sulfonamides is 1. The minimum Gasteiger partial charge on any atom is -0.321 e. The maximum absolute atomic E-state index is 12.3. The Bertz CT molecular complexity index is 1190. The molecular weight excluding hydrogens is 388 g/mol. The Labute approximate surface area is 169 Å². The van der Waals surface area contributed by atoms with E-state index in [2.05, 4.69) is 15.1 Å². The summed E-state index contributed by atoms with van der Waals surface area (Å²) < 4.78 is 28.5. The molecule has 150 valence electrons. The molecule has 0 bridgehead atoms. The highest BCUT2D eigenvalue weighted by Gasteiger charge is 2.22. The number of benzene rings is 2. The highest BCUT2D eigenvalue weighted by atomic mass is 32.2. The number of carbonyl (C=O) groups is 1. The number of nitrogens with one attached hydrogen (secondary N) is 2. The molecule has 0 radical (unpaired) electrons. The number of amides is 1. The summed E-state index contributed by atoms with van der Waals surface area (Å²) in [5.41, 5.74) is 2.19. The lowest BCUT2D eigenvalue weighted by atomic mass is 10.1. The van der Waals surface area contributed by atoms with E-state index in [1.165, 1.54) is 32.0 Å². The Morgan fingerprint density at radius 3 is 2.79 bits per heavy atom. The maximum Gasteiger partial charge on any atom is 0.248 e. The van der Waals surface area contributed by atoms with Gasteiger partial charge in [-0.3, -0.25) is 9.48 Å². The predicted octanol–water partition coefficient (Wildman–Crippen LogP) is 3.01. The number of fused-ring (bicyclic) bond motifs is 1. The van der Waals surface area contributed by atoms with Crippen LogP contribution in [0.15, 0.2) is 59.6 Å². The summed E-state index contributed by atoms with van der Waals surface area (Å²) in [5.74, 6) is 0.337. The van der Waals surface area contributed by atoms with Gasteiger partial charge in [0.25, 0.3) is 0 Å². The molecule has 29 heavy (non-hydrogen) atoms. The fraction of sp³-hybridized carbons (Fsp3) is 0.238. The minimum absolute atomic E-state index is 0.0220. The van der Waals surface area contributed by atoms with Gasteiger partial charge < -0.3 is 5.32 Å². The van der Waals surface area contributed by atoms with Crippen LogP contribution in [0.5, 0.6) is 0 Å². The normalized spacial score (nSPS) is 14.5. The molecule has 8 heteroatoms. The van der Waals surface area contributed by atoms with Gasteiger partial charge in [0.2, 0.25) is 15.9 Å². The third-order valence-corrected chi connectivity index (χ3v) is 6.40. The van der Waals surface area contributed by atoms with E-state index < -0.39 is 15.9 Å². The summed E-state index contributed by atoms with van der Waals surface area (Å²) in [4.78, 5) is 12.3. The van der Waals surface area contributed by atoms with E-state index in [-0.39, 0.29) is 10.6 Å². The number of carbonyl (C=O) groups excluding carboxylic acids is 1. The second kappa shape index (κ2) is 7.81. The van der Waals surface area contributed by atoms with E-state index >= 15 is 0 Å². The first-order valence-corrected chi connectivity index (χ1v) is 10.9. The van der Waals surface area contributed by atoms with E-state index in [0.29, 0.717) is 0 Å². The molecule has 1 saturated carbocycles. The van der Waals surface area contributed by atoms with Gasteiger partial charge in [-0.1, -0.05) is 18.2 Å². The topological polar surface area (TPSA) is 93.1 Å². The van der Waals surface area contributed by atoms with Gasteiger partial charge >= 0.3 is 0 Å². The summed E-state index contributed by atoms with van der Waals surface area (Å²) in [5, 5.41) is 8.12. The van der Waals surface area contributed by atoms with Crippen LogP contribution in [0, 0.1) is 5.92 Å². The van der Waals surface area contributed by atoms with Gasteiger partial charge in [0.15, 0.2) is 0 Å². The molecule has 1 aliphatic carbocycles. The summed E-state index contributed by atoms with van der Waals surface area (Å²) in [6.45, 7) is 0.954. The van der Waals surface area contributed by atoms with Crippen molar-refractivity contribution in [1.82, 2.24) is 14.5 Å². The molecule has 2 aromatic carbocycles. The van der Waals surface area contributed by atoms with Crippen LogP contribution in [0.3, 0.4) is 0 Å². The van der Waals surface area contributed by atoms with Crippen LogP contribution in [0.2, 0.25) is 0 Å². The van der Waals surface area contributed by atoms with E-state index in [1.807, 2.05) is 29.1 Å². The summed E-state index contributed by atoms with van der Waals surface area (Å²) in [6.07, 6.45) is 7.47. The smallest absolute Gasteiger partial charge is 0.248 e. The number of rotatable bonds is 7. The zero-order valence-corrected chi connectivity index (χ0v) is 16.8. The molecule has 2 N–H and O–H groups in total. The highest BCUT2D eigenvalue weighted by molar-refractivity contribution is 7.89. The van der Waals surface area contributed by atoms with Crippen LogP contribution in [0.1, 0.15) is 18.4 Å². The molecule has 0 saturated heterocycles. The van der Waals surface area contributed by atoms with Crippen molar-refractivity contribution in [3.8, 4) is 0 Å². The number of para-hydroxylation sites is 1. The first kappa shape index (κ1) is 19.4. The first-order chi connectivity index (χ1) is 14.0. The van der Waals surface area contributed by atoms with Crippen molar-refractivity contribution in [2.24, 2.45) is 5.92 Å². The molecule has 0 atom stereocenters. The lowest BCUT2D eigenvalue weighted by molar-refractivity contribution is -0.111.